The first kappa shape index (κ1) is 20.0. The van der Waals surface area contributed by atoms with Gasteiger partial charge in [-0.1, -0.05) is 18.9 Å². The predicted molar refractivity (Wildman–Crippen MR) is 110 cm³/mol. The van der Waals surface area contributed by atoms with Crippen LogP contribution >= 0.6 is 0 Å². The molecule has 3 aromatic rings. The summed E-state index contributed by atoms with van der Waals surface area (Å²) in [4.78, 5) is 29.5. The third-order valence-electron chi connectivity index (χ3n) is 5.41. The van der Waals surface area contributed by atoms with Gasteiger partial charge in [0, 0.05) is 11.8 Å². The molecule has 2 amide bonds. The summed E-state index contributed by atoms with van der Waals surface area (Å²) in [6.07, 6.45) is 5.82. The highest BCUT2D eigenvalue weighted by molar-refractivity contribution is 6.04. The van der Waals surface area contributed by atoms with Crippen molar-refractivity contribution in [2.45, 2.75) is 44.8 Å². The van der Waals surface area contributed by atoms with Gasteiger partial charge in [0.2, 0.25) is 0 Å². The van der Waals surface area contributed by atoms with Crippen molar-refractivity contribution in [1.82, 2.24) is 14.7 Å². The van der Waals surface area contributed by atoms with Gasteiger partial charge in [-0.15, -0.1) is 0 Å². The van der Waals surface area contributed by atoms with Crippen molar-refractivity contribution in [1.29, 1.82) is 0 Å². The number of pyridine rings is 1. The minimum Gasteiger partial charge on any atom is -0.391 e. The molecule has 2 atom stereocenters. The number of carbonyl (C=O) groups excluding carboxylic acids is 2. The van der Waals surface area contributed by atoms with Crippen LogP contribution in [0, 0.1) is 12.7 Å². The molecule has 7 nitrogen and oxygen atoms in total. The van der Waals surface area contributed by atoms with Gasteiger partial charge in [-0.25, -0.2) is 9.37 Å². The molecule has 2 heterocycles. The Morgan fingerprint density at radius 3 is 2.77 bits per heavy atom. The molecule has 1 aromatic carbocycles. The fourth-order valence-electron chi connectivity index (χ4n) is 3.73. The second-order valence-electron chi connectivity index (χ2n) is 7.66. The highest BCUT2D eigenvalue weighted by Gasteiger charge is 2.25. The van der Waals surface area contributed by atoms with Crippen LogP contribution in [0.4, 0.5) is 10.1 Å². The summed E-state index contributed by atoms with van der Waals surface area (Å²) in [6, 6.07) is 7.14. The monoisotopic (exact) mass is 410 g/mol. The van der Waals surface area contributed by atoms with Crippen LogP contribution in [0.1, 0.15) is 52.1 Å². The fraction of sp³-hybridized carbons (Fsp3) is 0.318. The van der Waals surface area contributed by atoms with E-state index in [1.165, 1.54) is 18.3 Å². The van der Waals surface area contributed by atoms with Gasteiger partial charge >= 0.3 is 0 Å². The maximum Gasteiger partial charge on any atom is 0.274 e. The van der Waals surface area contributed by atoms with Crippen LogP contribution in [0.5, 0.6) is 0 Å². The first-order valence-electron chi connectivity index (χ1n) is 9.96. The molecule has 1 fully saturated rings. The van der Waals surface area contributed by atoms with Gasteiger partial charge < -0.3 is 15.7 Å². The van der Waals surface area contributed by atoms with Crippen LogP contribution in [0.2, 0.25) is 0 Å². The zero-order chi connectivity index (χ0) is 21.3. The van der Waals surface area contributed by atoms with E-state index in [2.05, 4.69) is 15.6 Å². The molecule has 0 unspecified atom stereocenters. The number of halogens is 1. The zero-order valence-corrected chi connectivity index (χ0v) is 16.6. The molecule has 0 saturated heterocycles. The number of anilines is 1. The normalized spacial score (nSPS) is 18.9. The van der Waals surface area contributed by atoms with Crippen molar-refractivity contribution in [2.75, 3.05) is 5.32 Å². The number of aryl methyl sites for hydroxylation is 1. The molecule has 30 heavy (non-hydrogen) atoms. The maximum atomic E-state index is 14.3. The number of aromatic nitrogens is 2. The molecule has 1 aliphatic rings. The number of nitrogens with zero attached hydrogens (tertiary/aromatic N) is 2. The lowest BCUT2D eigenvalue weighted by atomic mass is 9.92. The van der Waals surface area contributed by atoms with Gasteiger partial charge in [-0.05, 0) is 49.6 Å². The third kappa shape index (κ3) is 4.04. The second kappa shape index (κ2) is 8.23. The number of fused-ring (bicyclic) bond motifs is 1. The van der Waals surface area contributed by atoms with E-state index in [9.17, 15) is 19.1 Å². The van der Waals surface area contributed by atoms with Gasteiger partial charge in [0.15, 0.2) is 0 Å². The van der Waals surface area contributed by atoms with Crippen LogP contribution in [0.15, 0.2) is 42.7 Å². The van der Waals surface area contributed by atoms with Gasteiger partial charge in [0.25, 0.3) is 11.8 Å². The number of amides is 2. The van der Waals surface area contributed by atoms with E-state index in [1.807, 2.05) is 13.0 Å². The fourth-order valence-corrected chi connectivity index (χ4v) is 3.73. The van der Waals surface area contributed by atoms with Gasteiger partial charge in [-0.3, -0.25) is 14.0 Å². The molecule has 0 aliphatic heterocycles. The SMILES string of the molecule is Cc1ccc2ncc(C(=O)Nc3cc(C(=O)N[C@H]4CCCC[C@@H]4O)ccc3F)n2c1. The molecule has 3 N–H and O–H groups in total. The molecule has 0 bridgehead atoms. The van der Waals surface area contributed by atoms with Crippen LogP contribution in [-0.4, -0.2) is 38.5 Å². The Bertz CT molecular complexity index is 1110. The summed E-state index contributed by atoms with van der Waals surface area (Å²) >= 11 is 0. The molecule has 0 radical (unpaired) electrons. The van der Waals surface area contributed by atoms with E-state index in [0.29, 0.717) is 18.5 Å². The smallest absolute Gasteiger partial charge is 0.274 e. The average Bonchev–Trinajstić information content (AvgIpc) is 3.14. The second-order valence-corrected chi connectivity index (χ2v) is 7.66. The summed E-state index contributed by atoms with van der Waals surface area (Å²) in [5.74, 6) is -1.60. The Labute approximate surface area is 172 Å². The third-order valence-corrected chi connectivity index (χ3v) is 5.41. The van der Waals surface area contributed by atoms with E-state index in [-0.39, 0.29) is 23.0 Å². The number of aliphatic hydroxyl groups is 1. The van der Waals surface area contributed by atoms with Crippen molar-refractivity contribution in [3.05, 3.63) is 65.4 Å². The van der Waals surface area contributed by atoms with Gasteiger partial charge in [0.05, 0.1) is 24.0 Å². The van der Waals surface area contributed by atoms with Crippen LogP contribution < -0.4 is 10.6 Å². The molecule has 2 aromatic heterocycles. The Morgan fingerprint density at radius 1 is 1.17 bits per heavy atom. The largest absolute Gasteiger partial charge is 0.391 e. The van der Waals surface area contributed by atoms with Crippen molar-refractivity contribution in [2.24, 2.45) is 0 Å². The standard InChI is InChI=1S/C22H23FN4O3/c1-13-6-9-20-24-11-18(27(20)12-13)22(30)26-17-10-14(7-8-15(17)23)21(29)25-16-4-2-3-5-19(16)28/h6-12,16,19,28H,2-5H2,1H3,(H,25,29)(H,26,30)/t16-,19-/m0/s1. The van der Waals surface area contributed by atoms with E-state index in [1.54, 1.807) is 16.7 Å². The lowest BCUT2D eigenvalue weighted by Gasteiger charge is -2.28. The molecule has 1 saturated carbocycles. The highest BCUT2D eigenvalue weighted by atomic mass is 19.1. The Kier molecular flexibility index (Phi) is 5.50. The Morgan fingerprint density at radius 2 is 1.97 bits per heavy atom. The number of imidazole rings is 1. The number of benzene rings is 1. The summed E-state index contributed by atoms with van der Waals surface area (Å²) < 4.78 is 16.0. The zero-order valence-electron chi connectivity index (χ0n) is 16.6. The number of aliphatic hydroxyl groups excluding tert-OH is 1. The number of hydrogen-bond acceptors (Lipinski definition) is 4. The quantitative estimate of drug-likeness (QED) is 0.616. The summed E-state index contributed by atoms with van der Waals surface area (Å²) in [5.41, 5.74) is 1.92. The van der Waals surface area contributed by atoms with Crippen LogP contribution in [0.3, 0.4) is 0 Å². The predicted octanol–water partition coefficient (Wildman–Crippen LogP) is 3.07. The van der Waals surface area contributed by atoms with Gasteiger partial charge in [0.1, 0.15) is 17.2 Å². The summed E-state index contributed by atoms with van der Waals surface area (Å²) in [6.45, 7) is 1.89. The number of hydrogen-bond donors (Lipinski definition) is 3. The molecular weight excluding hydrogens is 387 g/mol. The van der Waals surface area contributed by atoms with Crippen molar-refractivity contribution in [3.8, 4) is 0 Å². The Hall–Kier alpha value is -3.26. The average molecular weight is 410 g/mol. The van der Waals surface area contributed by atoms with Gasteiger partial charge in [-0.2, -0.15) is 0 Å². The summed E-state index contributed by atoms with van der Waals surface area (Å²) in [7, 11) is 0. The van der Waals surface area contributed by atoms with E-state index in [0.717, 1.165) is 24.5 Å². The molecule has 156 valence electrons. The lowest BCUT2D eigenvalue weighted by Crippen LogP contribution is -2.45. The minimum absolute atomic E-state index is 0.0977. The van der Waals surface area contributed by atoms with Crippen molar-refractivity contribution >= 4 is 23.1 Å². The first-order valence-corrected chi connectivity index (χ1v) is 9.96. The first-order chi connectivity index (χ1) is 14.4. The Balaban J connectivity index is 1.53. The van der Waals surface area contributed by atoms with E-state index < -0.39 is 23.7 Å². The summed E-state index contributed by atoms with van der Waals surface area (Å²) in [5, 5.41) is 15.4. The van der Waals surface area contributed by atoms with E-state index in [4.69, 9.17) is 0 Å². The van der Waals surface area contributed by atoms with E-state index >= 15 is 0 Å². The number of rotatable bonds is 4. The lowest BCUT2D eigenvalue weighted by molar-refractivity contribution is 0.0717. The highest BCUT2D eigenvalue weighted by Crippen LogP contribution is 2.21. The molecule has 1 aliphatic carbocycles. The minimum atomic E-state index is -0.650. The maximum absolute atomic E-state index is 14.3. The number of nitrogens with one attached hydrogen (secondary N) is 2. The van der Waals surface area contributed by atoms with Crippen LogP contribution in [-0.2, 0) is 0 Å². The van der Waals surface area contributed by atoms with Crippen LogP contribution in [0.25, 0.3) is 5.65 Å². The number of carbonyl (C=O) groups is 2. The van der Waals surface area contributed by atoms with Crippen molar-refractivity contribution in [3.63, 3.8) is 0 Å². The molecule has 4 rings (SSSR count). The molecule has 0 spiro atoms. The van der Waals surface area contributed by atoms with Crippen molar-refractivity contribution < 1.29 is 19.1 Å². The molecule has 8 heteroatoms. The topological polar surface area (TPSA) is 95.7 Å². The molecular formula is C22H23FN4O3.